The molecule has 1 N–H and O–H groups in total. The molecule has 27 heavy (non-hydrogen) atoms. The highest BCUT2D eigenvalue weighted by Crippen LogP contribution is 2.24. The first-order valence-electron chi connectivity index (χ1n) is 9.06. The molecule has 4 rings (SSSR count). The maximum absolute atomic E-state index is 5.85. The fourth-order valence-electron chi connectivity index (χ4n) is 2.92. The maximum atomic E-state index is 5.85. The highest BCUT2D eigenvalue weighted by Gasteiger charge is 2.04. The molecule has 0 fully saturated rings. The van der Waals surface area contributed by atoms with Crippen molar-refractivity contribution in [1.29, 1.82) is 0 Å². The molecule has 5 heteroatoms. The van der Waals surface area contributed by atoms with E-state index < -0.39 is 0 Å². The summed E-state index contributed by atoms with van der Waals surface area (Å²) in [7, 11) is 0. The fraction of sp³-hybridized carbons (Fsp3) is 0.182. The Morgan fingerprint density at radius 2 is 1.67 bits per heavy atom. The predicted molar refractivity (Wildman–Crippen MR) is 112 cm³/mol. The van der Waals surface area contributed by atoms with Crippen molar-refractivity contribution in [2.75, 3.05) is 18.5 Å². The fourth-order valence-corrected chi connectivity index (χ4v) is 3.73. The highest BCUT2D eigenvalue weighted by atomic mass is 32.1. The Kier molecular flexibility index (Phi) is 5.60. The molecule has 136 valence electrons. The normalized spacial score (nSPS) is 10.8. The lowest BCUT2D eigenvalue weighted by molar-refractivity contribution is 0.322. The van der Waals surface area contributed by atoms with Crippen molar-refractivity contribution in [1.82, 2.24) is 9.97 Å². The Morgan fingerprint density at radius 1 is 0.852 bits per heavy atom. The second-order valence-electron chi connectivity index (χ2n) is 6.26. The number of nitrogens with zero attached hydrogens (tertiary/aromatic N) is 2. The van der Waals surface area contributed by atoms with Gasteiger partial charge in [0.05, 0.1) is 16.8 Å². The molecular formula is C22H21N3OS. The van der Waals surface area contributed by atoms with E-state index in [1.54, 1.807) is 17.7 Å². The zero-order valence-corrected chi connectivity index (χ0v) is 15.8. The summed E-state index contributed by atoms with van der Waals surface area (Å²) in [5.74, 6) is 1.83. The van der Waals surface area contributed by atoms with Crippen LogP contribution < -0.4 is 10.1 Å². The molecule has 0 unspecified atom stereocenters. The van der Waals surface area contributed by atoms with Gasteiger partial charge in [0.2, 0.25) is 0 Å². The van der Waals surface area contributed by atoms with Crippen LogP contribution in [-0.4, -0.2) is 23.1 Å². The SMILES string of the molecule is c1ccc(CCOc2ccc(CCNc3ncnc4ccsc34)cc2)cc1. The van der Waals surface area contributed by atoms with Gasteiger partial charge in [-0.25, -0.2) is 9.97 Å². The van der Waals surface area contributed by atoms with Gasteiger partial charge in [-0.15, -0.1) is 11.3 Å². The summed E-state index contributed by atoms with van der Waals surface area (Å²) in [5.41, 5.74) is 3.56. The van der Waals surface area contributed by atoms with Gasteiger partial charge in [0.15, 0.2) is 0 Å². The van der Waals surface area contributed by atoms with Gasteiger partial charge in [0.1, 0.15) is 17.9 Å². The minimum Gasteiger partial charge on any atom is -0.493 e. The molecule has 0 bridgehead atoms. The smallest absolute Gasteiger partial charge is 0.147 e. The third-order valence-corrected chi connectivity index (χ3v) is 5.29. The van der Waals surface area contributed by atoms with Gasteiger partial charge in [-0.1, -0.05) is 42.5 Å². The molecule has 0 saturated heterocycles. The summed E-state index contributed by atoms with van der Waals surface area (Å²) in [4.78, 5) is 8.62. The van der Waals surface area contributed by atoms with Gasteiger partial charge in [-0.3, -0.25) is 0 Å². The van der Waals surface area contributed by atoms with E-state index in [4.69, 9.17) is 4.74 Å². The van der Waals surface area contributed by atoms with Crippen molar-refractivity contribution < 1.29 is 4.74 Å². The Bertz CT molecular complexity index is 983. The lowest BCUT2D eigenvalue weighted by Crippen LogP contribution is -2.06. The van der Waals surface area contributed by atoms with Crippen LogP contribution in [0.15, 0.2) is 72.4 Å². The van der Waals surface area contributed by atoms with Crippen LogP contribution in [-0.2, 0) is 12.8 Å². The number of thiophene rings is 1. The van der Waals surface area contributed by atoms with Crippen molar-refractivity contribution in [3.63, 3.8) is 0 Å². The molecule has 0 aliphatic carbocycles. The number of aromatic nitrogens is 2. The van der Waals surface area contributed by atoms with Gasteiger partial charge < -0.3 is 10.1 Å². The van der Waals surface area contributed by atoms with Gasteiger partial charge in [0, 0.05) is 13.0 Å². The molecule has 0 aliphatic rings. The minimum absolute atomic E-state index is 0.690. The van der Waals surface area contributed by atoms with Crippen LogP contribution in [0.3, 0.4) is 0 Å². The van der Waals surface area contributed by atoms with Crippen LogP contribution in [0.1, 0.15) is 11.1 Å². The van der Waals surface area contributed by atoms with Crippen molar-refractivity contribution in [2.45, 2.75) is 12.8 Å². The quantitative estimate of drug-likeness (QED) is 0.472. The molecule has 0 radical (unpaired) electrons. The van der Waals surface area contributed by atoms with Crippen molar-refractivity contribution >= 4 is 27.4 Å². The number of benzene rings is 2. The number of nitrogens with one attached hydrogen (secondary N) is 1. The van der Waals surface area contributed by atoms with E-state index in [1.807, 2.05) is 29.6 Å². The number of hydrogen-bond acceptors (Lipinski definition) is 5. The van der Waals surface area contributed by atoms with E-state index >= 15 is 0 Å². The third kappa shape index (κ3) is 4.63. The van der Waals surface area contributed by atoms with Crippen molar-refractivity contribution in [3.8, 4) is 5.75 Å². The van der Waals surface area contributed by atoms with E-state index in [-0.39, 0.29) is 0 Å². The number of hydrogen-bond donors (Lipinski definition) is 1. The zero-order valence-electron chi connectivity index (χ0n) is 15.0. The molecule has 4 nitrogen and oxygen atoms in total. The average Bonchev–Trinajstić information content (AvgIpc) is 3.20. The molecule has 4 aromatic rings. The van der Waals surface area contributed by atoms with E-state index in [0.717, 1.165) is 41.2 Å². The lowest BCUT2D eigenvalue weighted by atomic mass is 10.1. The van der Waals surface area contributed by atoms with E-state index in [0.29, 0.717) is 6.61 Å². The largest absolute Gasteiger partial charge is 0.493 e. The first-order chi connectivity index (χ1) is 13.4. The van der Waals surface area contributed by atoms with Gasteiger partial charge in [0.25, 0.3) is 0 Å². The Labute approximate surface area is 162 Å². The molecule has 2 aromatic heterocycles. The summed E-state index contributed by atoms with van der Waals surface area (Å²) in [6.07, 6.45) is 3.46. The second-order valence-corrected chi connectivity index (χ2v) is 7.18. The van der Waals surface area contributed by atoms with Gasteiger partial charge >= 0.3 is 0 Å². The first-order valence-corrected chi connectivity index (χ1v) is 9.94. The maximum Gasteiger partial charge on any atom is 0.147 e. The van der Waals surface area contributed by atoms with E-state index in [1.165, 1.54) is 11.1 Å². The van der Waals surface area contributed by atoms with Gasteiger partial charge in [-0.05, 0) is 41.1 Å². The Balaban J connectivity index is 1.25. The van der Waals surface area contributed by atoms with Crippen LogP contribution in [0.4, 0.5) is 5.82 Å². The molecule has 2 aromatic carbocycles. The summed E-state index contributed by atoms with van der Waals surface area (Å²) < 4.78 is 6.96. The molecular weight excluding hydrogens is 354 g/mol. The summed E-state index contributed by atoms with van der Waals surface area (Å²) >= 11 is 1.66. The number of anilines is 1. The first kappa shape index (κ1) is 17.5. The van der Waals surface area contributed by atoms with Crippen molar-refractivity contribution in [3.05, 3.63) is 83.5 Å². The average molecular weight is 375 g/mol. The second kappa shape index (κ2) is 8.64. The summed E-state index contributed by atoms with van der Waals surface area (Å²) in [6.45, 7) is 1.52. The Morgan fingerprint density at radius 3 is 2.52 bits per heavy atom. The lowest BCUT2D eigenvalue weighted by Gasteiger charge is -2.09. The standard InChI is InChI=1S/C22H21N3OS/c1-2-4-17(5-3-1)11-14-26-19-8-6-18(7-9-19)10-13-23-22-21-20(12-15-27-21)24-16-25-22/h1-9,12,15-16H,10-11,13-14H2,(H,23,24,25). The topological polar surface area (TPSA) is 47.0 Å². The van der Waals surface area contributed by atoms with Crippen molar-refractivity contribution in [2.24, 2.45) is 0 Å². The van der Waals surface area contributed by atoms with Crippen LogP contribution in [0, 0.1) is 0 Å². The van der Waals surface area contributed by atoms with Crippen LogP contribution in [0.25, 0.3) is 10.2 Å². The number of rotatable bonds is 8. The van der Waals surface area contributed by atoms with E-state index in [9.17, 15) is 0 Å². The summed E-state index contributed by atoms with van der Waals surface area (Å²) in [5, 5.41) is 5.46. The molecule has 0 saturated carbocycles. The molecule has 0 amide bonds. The van der Waals surface area contributed by atoms with Gasteiger partial charge in [-0.2, -0.15) is 0 Å². The number of fused-ring (bicyclic) bond motifs is 1. The molecule has 0 spiro atoms. The van der Waals surface area contributed by atoms with Crippen LogP contribution >= 0.6 is 11.3 Å². The van der Waals surface area contributed by atoms with Crippen LogP contribution in [0.5, 0.6) is 5.75 Å². The molecule has 2 heterocycles. The zero-order chi connectivity index (χ0) is 18.3. The third-order valence-electron chi connectivity index (χ3n) is 4.37. The molecule has 0 atom stereocenters. The monoisotopic (exact) mass is 375 g/mol. The number of ether oxygens (including phenoxy) is 1. The predicted octanol–water partition coefficient (Wildman–Crippen LogP) is 4.97. The summed E-state index contributed by atoms with van der Waals surface area (Å²) in [6, 6.07) is 20.8. The molecule has 0 aliphatic heterocycles. The highest BCUT2D eigenvalue weighted by molar-refractivity contribution is 7.17. The van der Waals surface area contributed by atoms with E-state index in [2.05, 4.69) is 51.7 Å². The minimum atomic E-state index is 0.690. The van der Waals surface area contributed by atoms with Crippen LogP contribution in [0.2, 0.25) is 0 Å². The Hall–Kier alpha value is -2.92.